The van der Waals surface area contributed by atoms with Gasteiger partial charge in [0.2, 0.25) is 5.95 Å². The molecule has 0 aliphatic carbocycles. The molecule has 1 aliphatic rings. The predicted octanol–water partition coefficient (Wildman–Crippen LogP) is 6.23. The second-order valence-corrected chi connectivity index (χ2v) is 8.91. The van der Waals surface area contributed by atoms with Crippen molar-refractivity contribution in [2.45, 2.75) is 12.8 Å². The van der Waals surface area contributed by atoms with Crippen LogP contribution < -0.4 is 10.5 Å². The van der Waals surface area contributed by atoms with Gasteiger partial charge in [0.15, 0.2) is 17.5 Å². The van der Waals surface area contributed by atoms with Gasteiger partial charge in [-0.2, -0.15) is 4.39 Å². The van der Waals surface area contributed by atoms with Gasteiger partial charge in [-0.15, -0.1) is 0 Å². The van der Waals surface area contributed by atoms with Crippen LogP contribution in [0.4, 0.5) is 8.78 Å². The van der Waals surface area contributed by atoms with Crippen LogP contribution in [-0.4, -0.2) is 20.5 Å². The fourth-order valence-electron chi connectivity index (χ4n) is 4.77. The zero-order chi connectivity index (χ0) is 25.7. The zero-order valence-electron chi connectivity index (χ0n) is 19.7. The van der Waals surface area contributed by atoms with E-state index in [1.807, 2.05) is 37.3 Å². The maximum atomic E-state index is 15.6. The van der Waals surface area contributed by atoms with E-state index in [1.54, 1.807) is 36.5 Å². The van der Waals surface area contributed by atoms with E-state index in [1.165, 1.54) is 23.0 Å². The number of imidazole rings is 1. The monoisotopic (exact) mass is 493 g/mol. The van der Waals surface area contributed by atoms with Gasteiger partial charge in [0, 0.05) is 35.3 Å². The first-order valence-electron chi connectivity index (χ1n) is 11.6. The highest BCUT2D eigenvalue weighted by Crippen LogP contribution is 2.50. The predicted molar refractivity (Wildman–Crippen MR) is 137 cm³/mol. The average molecular weight is 494 g/mol. The Morgan fingerprint density at radius 2 is 1.68 bits per heavy atom. The summed E-state index contributed by atoms with van der Waals surface area (Å²) in [6.07, 6.45) is 4.51. The summed E-state index contributed by atoms with van der Waals surface area (Å²) in [4.78, 5) is 8.26. The fraction of sp³-hybridized carbons (Fsp3) is 0.0690. The fourth-order valence-corrected chi connectivity index (χ4v) is 4.77. The summed E-state index contributed by atoms with van der Waals surface area (Å²) in [7, 11) is 0. The minimum Gasteiger partial charge on any atom is -0.454 e. The molecule has 3 N–H and O–H groups in total. The van der Waals surface area contributed by atoms with Crippen LogP contribution in [0.15, 0.2) is 85.3 Å². The molecule has 0 saturated carbocycles. The topological polar surface area (TPSA) is 89.8 Å². The number of aryl methyl sites for hydroxylation is 1. The Bertz CT molecular complexity index is 1680. The first-order valence-corrected chi connectivity index (χ1v) is 11.6. The van der Waals surface area contributed by atoms with Gasteiger partial charge in [-0.25, -0.2) is 14.4 Å². The largest absolute Gasteiger partial charge is 0.454 e. The summed E-state index contributed by atoms with van der Waals surface area (Å²) in [5, 5.41) is 8.06. The summed E-state index contributed by atoms with van der Waals surface area (Å²) in [5.41, 5.74) is 10.5. The van der Waals surface area contributed by atoms with E-state index >= 15 is 4.39 Å². The number of nitrogens with zero attached hydrogens (tertiary/aromatic N) is 3. The maximum Gasteiger partial charge on any atom is 0.220 e. The maximum absolute atomic E-state index is 15.6. The van der Waals surface area contributed by atoms with E-state index in [0.29, 0.717) is 39.4 Å². The molecule has 0 fully saturated rings. The van der Waals surface area contributed by atoms with Crippen LogP contribution in [0.3, 0.4) is 0 Å². The lowest BCUT2D eigenvalue weighted by atomic mass is 9.84. The molecule has 3 heterocycles. The molecule has 0 unspecified atom stereocenters. The molecule has 6 nitrogen and oxygen atoms in total. The van der Waals surface area contributed by atoms with E-state index in [4.69, 9.17) is 15.9 Å². The van der Waals surface area contributed by atoms with Crippen LogP contribution in [0.5, 0.6) is 11.5 Å². The minimum atomic E-state index is -0.641. The third-order valence-corrected chi connectivity index (χ3v) is 6.56. The first-order chi connectivity index (χ1) is 17.9. The van der Waals surface area contributed by atoms with Gasteiger partial charge in [-0.1, -0.05) is 35.9 Å². The number of fused-ring (bicyclic) bond motifs is 2. The van der Waals surface area contributed by atoms with E-state index in [2.05, 4.69) is 9.97 Å². The lowest BCUT2D eigenvalue weighted by molar-refractivity contribution is 0.416. The van der Waals surface area contributed by atoms with Crippen LogP contribution in [0.25, 0.3) is 22.3 Å². The number of ether oxygens (including phenoxy) is 1. The van der Waals surface area contributed by atoms with Crippen LogP contribution in [0.2, 0.25) is 0 Å². The lowest BCUT2D eigenvalue weighted by Crippen LogP contribution is -2.25. The molecule has 0 radical (unpaired) electrons. The van der Waals surface area contributed by atoms with E-state index in [9.17, 15) is 4.39 Å². The van der Waals surface area contributed by atoms with Crippen molar-refractivity contribution in [1.82, 2.24) is 14.5 Å². The number of pyridine rings is 1. The average Bonchev–Trinajstić information content (AvgIpc) is 3.38. The molecule has 37 heavy (non-hydrogen) atoms. The highest BCUT2D eigenvalue weighted by molar-refractivity contribution is 5.79. The number of halogens is 2. The molecule has 5 aromatic rings. The van der Waals surface area contributed by atoms with Gasteiger partial charge in [-0.05, 0) is 60.0 Å². The van der Waals surface area contributed by atoms with Gasteiger partial charge in [0.05, 0.1) is 5.92 Å². The molecule has 0 spiro atoms. The standard InChI is InChI=1S/C29H21F2N5O/c1-16-4-6-17(7-5-16)19-14-22-25(28-35-11-12-36(28)29(32)33)21-13-18(20-3-2-10-34-27(20)31)8-9-24(21)37-26(22)23(30)15-19/h2-15,25H,1H3,(H3,32,33)/t25-/m1/s1. The lowest BCUT2D eigenvalue weighted by Gasteiger charge is -2.29. The Balaban J connectivity index is 1.60. The second kappa shape index (κ2) is 8.67. The molecule has 1 atom stereocenters. The Labute approximate surface area is 211 Å². The Morgan fingerprint density at radius 3 is 2.43 bits per heavy atom. The SMILES string of the molecule is Cc1ccc(-c2cc(F)c3c(c2)[C@H](c2nccn2C(=N)N)c2cc(-c4cccnc4F)ccc2O3)cc1. The van der Waals surface area contributed by atoms with Crippen molar-refractivity contribution in [3.05, 3.63) is 120 Å². The second-order valence-electron chi connectivity index (χ2n) is 8.91. The highest BCUT2D eigenvalue weighted by Gasteiger charge is 2.35. The third-order valence-electron chi connectivity index (χ3n) is 6.56. The van der Waals surface area contributed by atoms with Crippen molar-refractivity contribution >= 4 is 5.96 Å². The van der Waals surface area contributed by atoms with Crippen molar-refractivity contribution in [3.8, 4) is 33.8 Å². The minimum absolute atomic E-state index is 0.0757. The molecular formula is C29H21F2N5O. The first kappa shape index (κ1) is 22.6. The van der Waals surface area contributed by atoms with Crippen molar-refractivity contribution in [1.29, 1.82) is 5.41 Å². The van der Waals surface area contributed by atoms with Crippen molar-refractivity contribution in [2.75, 3.05) is 0 Å². The van der Waals surface area contributed by atoms with E-state index in [-0.39, 0.29) is 11.7 Å². The zero-order valence-corrected chi connectivity index (χ0v) is 19.7. The molecular weight excluding hydrogens is 472 g/mol. The molecule has 0 amide bonds. The molecule has 2 aromatic heterocycles. The summed E-state index contributed by atoms with van der Waals surface area (Å²) < 4.78 is 37.6. The smallest absolute Gasteiger partial charge is 0.220 e. The summed E-state index contributed by atoms with van der Waals surface area (Å²) in [6, 6.07) is 19.6. The van der Waals surface area contributed by atoms with Crippen LogP contribution in [0, 0.1) is 24.1 Å². The summed E-state index contributed by atoms with van der Waals surface area (Å²) >= 11 is 0. The normalized spacial score (nSPS) is 14.0. The number of nitrogens with one attached hydrogen (secondary N) is 1. The molecule has 3 aromatic carbocycles. The van der Waals surface area contributed by atoms with Gasteiger partial charge >= 0.3 is 0 Å². The van der Waals surface area contributed by atoms with Crippen LogP contribution in [0.1, 0.15) is 28.4 Å². The number of benzene rings is 3. The van der Waals surface area contributed by atoms with E-state index < -0.39 is 17.7 Å². The number of aromatic nitrogens is 3. The molecule has 0 saturated heterocycles. The molecule has 0 bridgehead atoms. The summed E-state index contributed by atoms with van der Waals surface area (Å²) in [6.45, 7) is 1.99. The van der Waals surface area contributed by atoms with Gasteiger partial charge < -0.3 is 10.5 Å². The van der Waals surface area contributed by atoms with Gasteiger partial charge in [-0.3, -0.25) is 9.98 Å². The molecule has 182 valence electrons. The number of hydrogen-bond acceptors (Lipinski definition) is 4. The number of nitrogen functional groups attached to an aromatic ring is 1. The van der Waals surface area contributed by atoms with Crippen molar-refractivity contribution in [3.63, 3.8) is 0 Å². The number of rotatable bonds is 3. The Hall–Kier alpha value is -4.85. The van der Waals surface area contributed by atoms with Crippen LogP contribution >= 0.6 is 0 Å². The summed E-state index contributed by atoms with van der Waals surface area (Å²) in [5.74, 6) is -1.09. The number of hydrogen-bond donors (Lipinski definition) is 2. The van der Waals surface area contributed by atoms with Gasteiger partial charge in [0.1, 0.15) is 11.6 Å². The number of nitrogens with two attached hydrogens (primary N) is 1. The van der Waals surface area contributed by atoms with Gasteiger partial charge in [0.25, 0.3) is 0 Å². The Kier molecular flexibility index (Phi) is 5.30. The van der Waals surface area contributed by atoms with Crippen molar-refractivity contribution in [2.24, 2.45) is 5.73 Å². The molecule has 8 heteroatoms. The quantitative estimate of drug-likeness (QED) is 0.174. The van der Waals surface area contributed by atoms with Crippen molar-refractivity contribution < 1.29 is 13.5 Å². The molecule has 1 aliphatic heterocycles. The third kappa shape index (κ3) is 3.83. The highest BCUT2D eigenvalue weighted by atomic mass is 19.1. The molecule has 6 rings (SSSR count). The van der Waals surface area contributed by atoms with E-state index in [0.717, 1.165) is 11.1 Å². The Morgan fingerprint density at radius 1 is 0.919 bits per heavy atom. The van der Waals surface area contributed by atoms with Crippen LogP contribution in [-0.2, 0) is 0 Å².